The molecular weight excluding hydrogens is 412 g/mol. The molecule has 2 aliphatic carbocycles. The minimum Gasteiger partial charge on any atom is -0.440 e. The van der Waals surface area contributed by atoms with Gasteiger partial charge in [0.2, 0.25) is 5.60 Å². The molecule has 1 spiro atoms. The van der Waals surface area contributed by atoms with Crippen LogP contribution in [0.4, 0.5) is 0 Å². The van der Waals surface area contributed by atoms with Gasteiger partial charge in [0, 0.05) is 12.8 Å². The first-order chi connectivity index (χ1) is 15.1. The number of allylic oxidation sites excluding steroid dienone is 1. The van der Waals surface area contributed by atoms with Gasteiger partial charge in [-0.15, -0.1) is 0 Å². The third kappa shape index (κ3) is 2.20. The Morgan fingerprint density at radius 2 is 1.78 bits per heavy atom. The van der Waals surface area contributed by atoms with Gasteiger partial charge >= 0.3 is 5.97 Å². The Morgan fingerprint density at radius 1 is 1.03 bits per heavy atom. The van der Waals surface area contributed by atoms with Crippen LogP contribution in [0.15, 0.2) is 42.2 Å². The summed E-state index contributed by atoms with van der Waals surface area (Å²) in [7, 11) is 0. The van der Waals surface area contributed by atoms with Crippen molar-refractivity contribution in [2.75, 3.05) is 0 Å². The van der Waals surface area contributed by atoms with Crippen LogP contribution in [0.3, 0.4) is 0 Å². The van der Waals surface area contributed by atoms with Crippen LogP contribution in [-0.2, 0) is 39.9 Å². The molecule has 3 heterocycles. The Hall–Kier alpha value is -2.06. The summed E-state index contributed by atoms with van der Waals surface area (Å²) in [5.41, 5.74) is -3.57. The fourth-order valence-corrected chi connectivity index (χ4v) is 6.48. The van der Waals surface area contributed by atoms with Crippen LogP contribution in [0.25, 0.3) is 0 Å². The van der Waals surface area contributed by atoms with Crippen molar-refractivity contribution in [1.82, 2.24) is 0 Å². The van der Waals surface area contributed by atoms with Crippen LogP contribution in [0.5, 0.6) is 0 Å². The molecule has 7 heteroatoms. The molecule has 5 aliphatic rings. The molecule has 4 fully saturated rings. The predicted molar refractivity (Wildman–Crippen MR) is 111 cm³/mol. The number of carbonyl (C=O) groups excluding carboxylic acids is 2. The zero-order valence-electron chi connectivity index (χ0n) is 18.8. The van der Waals surface area contributed by atoms with E-state index in [0.29, 0.717) is 12.2 Å². The summed E-state index contributed by atoms with van der Waals surface area (Å²) in [5, 5.41) is 0. The number of rotatable bonds is 3. The van der Waals surface area contributed by atoms with Gasteiger partial charge in [0.25, 0.3) is 0 Å². The molecule has 6 atom stereocenters. The number of ketones is 2. The normalized spacial score (nSPS) is 47.3. The zero-order valence-corrected chi connectivity index (χ0v) is 18.8. The lowest BCUT2D eigenvalue weighted by Crippen LogP contribution is -2.75. The smallest absolute Gasteiger partial charge is 0.335 e. The first-order valence-electron chi connectivity index (χ1n) is 11.3. The number of carbonyl (C=O) groups is 2. The molecule has 32 heavy (non-hydrogen) atoms. The largest absolute Gasteiger partial charge is 0.440 e. The standard InChI is InChI=1S/C25H28O7/c1-15-10-11-18(26)22(4)24-19(27)13-17-23(24,30-21(2,3)31-24)20(12-15)29-25(17,32-22)28-14-16-8-6-5-7-9-16/h5-9,12,15,17H,10-11,13-14H2,1-4H3/b20-12-. The van der Waals surface area contributed by atoms with Gasteiger partial charge in [-0.05, 0) is 44.7 Å². The fourth-order valence-electron chi connectivity index (χ4n) is 6.48. The van der Waals surface area contributed by atoms with E-state index in [4.69, 9.17) is 23.7 Å². The van der Waals surface area contributed by atoms with E-state index in [-0.39, 0.29) is 36.9 Å². The van der Waals surface area contributed by atoms with E-state index in [2.05, 4.69) is 0 Å². The Kier molecular flexibility index (Phi) is 3.90. The van der Waals surface area contributed by atoms with Gasteiger partial charge in [-0.2, -0.15) is 0 Å². The van der Waals surface area contributed by atoms with Crippen molar-refractivity contribution >= 4 is 11.6 Å². The van der Waals surface area contributed by atoms with Crippen LogP contribution >= 0.6 is 0 Å². The van der Waals surface area contributed by atoms with Crippen molar-refractivity contribution in [2.24, 2.45) is 11.8 Å². The average Bonchev–Trinajstić information content (AvgIpc) is 3.21. The van der Waals surface area contributed by atoms with Crippen molar-refractivity contribution in [3.63, 3.8) is 0 Å². The fraction of sp³-hybridized carbons (Fsp3) is 0.600. The van der Waals surface area contributed by atoms with E-state index in [1.807, 2.05) is 43.3 Å². The van der Waals surface area contributed by atoms with Crippen LogP contribution in [-0.4, -0.2) is 40.1 Å². The minimum absolute atomic E-state index is 0.0510. The molecule has 1 aromatic carbocycles. The third-order valence-corrected chi connectivity index (χ3v) is 7.74. The zero-order chi connectivity index (χ0) is 22.6. The second-order valence-corrected chi connectivity index (χ2v) is 10.3. The molecule has 5 bridgehead atoms. The molecule has 6 unspecified atom stereocenters. The average molecular weight is 440 g/mol. The molecule has 1 aromatic rings. The molecule has 6 rings (SSSR count). The van der Waals surface area contributed by atoms with Crippen LogP contribution < -0.4 is 0 Å². The van der Waals surface area contributed by atoms with Gasteiger partial charge < -0.3 is 18.9 Å². The topological polar surface area (TPSA) is 80.3 Å². The van der Waals surface area contributed by atoms with Crippen molar-refractivity contribution in [1.29, 1.82) is 0 Å². The maximum atomic E-state index is 13.8. The summed E-state index contributed by atoms with van der Waals surface area (Å²) in [6.45, 7) is 7.41. The first-order valence-corrected chi connectivity index (χ1v) is 11.3. The van der Waals surface area contributed by atoms with Crippen LogP contribution in [0, 0.1) is 11.8 Å². The SMILES string of the molecule is CC1/C=C2\OC3(OCc4ccccc4)OC(C)(C(=O)CC1)C14OC(C)(C)OC21C3CC4=O. The third-order valence-electron chi connectivity index (χ3n) is 7.74. The van der Waals surface area contributed by atoms with Crippen LogP contribution in [0.1, 0.15) is 52.5 Å². The quantitative estimate of drug-likeness (QED) is 0.713. The van der Waals surface area contributed by atoms with Gasteiger partial charge in [0.05, 0.1) is 6.61 Å². The monoisotopic (exact) mass is 440 g/mol. The minimum atomic E-state index is -1.62. The highest BCUT2D eigenvalue weighted by Gasteiger charge is 2.94. The lowest BCUT2D eigenvalue weighted by Gasteiger charge is -2.51. The van der Waals surface area contributed by atoms with Gasteiger partial charge in [-0.1, -0.05) is 37.3 Å². The second kappa shape index (κ2) is 6.08. The van der Waals surface area contributed by atoms with Crippen molar-refractivity contribution in [2.45, 2.75) is 82.1 Å². The molecular formula is C25H28O7. The maximum Gasteiger partial charge on any atom is 0.335 e. The number of hydrogen-bond donors (Lipinski definition) is 0. The van der Waals surface area contributed by atoms with Crippen molar-refractivity contribution in [3.05, 3.63) is 47.7 Å². The summed E-state index contributed by atoms with van der Waals surface area (Å²) >= 11 is 0. The Bertz CT molecular complexity index is 1050. The highest BCUT2D eigenvalue weighted by Crippen LogP contribution is 2.74. The number of Topliss-reactive ketones (excluding diaryl/α,β-unsaturated/α-hetero) is 2. The first kappa shape index (κ1) is 20.5. The molecule has 1 saturated carbocycles. The summed E-state index contributed by atoms with van der Waals surface area (Å²) in [4.78, 5) is 27.5. The molecule has 3 saturated heterocycles. The summed E-state index contributed by atoms with van der Waals surface area (Å²) in [6, 6.07) is 9.67. The Balaban J connectivity index is 1.58. The van der Waals surface area contributed by atoms with E-state index in [9.17, 15) is 9.59 Å². The Morgan fingerprint density at radius 3 is 2.53 bits per heavy atom. The van der Waals surface area contributed by atoms with Crippen molar-refractivity contribution < 1.29 is 33.3 Å². The summed E-state index contributed by atoms with van der Waals surface area (Å²) in [6.07, 6.45) is 2.93. The van der Waals surface area contributed by atoms with E-state index < -0.39 is 34.5 Å². The summed E-state index contributed by atoms with van der Waals surface area (Å²) < 4.78 is 32.3. The maximum absolute atomic E-state index is 13.8. The van der Waals surface area contributed by atoms with Crippen molar-refractivity contribution in [3.8, 4) is 0 Å². The van der Waals surface area contributed by atoms with Gasteiger partial charge in [-0.25, -0.2) is 0 Å². The van der Waals surface area contributed by atoms with Gasteiger partial charge in [-0.3, -0.25) is 14.3 Å². The number of benzene rings is 1. The lowest BCUT2D eigenvalue weighted by atomic mass is 9.66. The molecule has 0 N–H and O–H groups in total. The van der Waals surface area contributed by atoms with Crippen LogP contribution in [0.2, 0.25) is 0 Å². The molecule has 0 amide bonds. The molecule has 0 aromatic heterocycles. The lowest BCUT2D eigenvalue weighted by molar-refractivity contribution is -0.423. The molecule has 0 radical (unpaired) electrons. The van der Waals surface area contributed by atoms with E-state index in [1.165, 1.54) is 0 Å². The number of hydrogen-bond acceptors (Lipinski definition) is 7. The van der Waals surface area contributed by atoms with E-state index in [1.54, 1.807) is 20.8 Å². The van der Waals surface area contributed by atoms with Gasteiger partial charge in [0.1, 0.15) is 11.7 Å². The molecule has 3 aliphatic heterocycles. The van der Waals surface area contributed by atoms with Gasteiger partial charge in [0.15, 0.2) is 28.6 Å². The second-order valence-electron chi connectivity index (χ2n) is 10.3. The highest BCUT2D eigenvalue weighted by molar-refractivity contribution is 6.04. The molecule has 170 valence electrons. The summed E-state index contributed by atoms with van der Waals surface area (Å²) in [5.74, 6) is -3.18. The van der Waals surface area contributed by atoms with E-state index in [0.717, 1.165) is 5.56 Å². The number of ether oxygens (including phenoxy) is 5. The predicted octanol–water partition coefficient (Wildman–Crippen LogP) is 3.41. The molecule has 7 nitrogen and oxygen atoms in total. The van der Waals surface area contributed by atoms with E-state index >= 15 is 0 Å². The highest BCUT2D eigenvalue weighted by atomic mass is 16.9. The Labute approximate surface area is 187 Å².